The van der Waals surface area contributed by atoms with Gasteiger partial charge in [-0.25, -0.2) is 0 Å². The molecule has 4 heteroatoms. The van der Waals surface area contributed by atoms with Crippen molar-refractivity contribution in [3.05, 3.63) is 59.8 Å². The monoisotopic (exact) mass is 278 g/mol. The summed E-state index contributed by atoms with van der Waals surface area (Å²) in [6, 6.07) is 13.7. The molecule has 0 radical (unpaired) electrons. The molecule has 1 aliphatic rings. The smallest absolute Gasteiger partial charge is 0.236 e. The van der Waals surface area contributed by atoms with Crippen molar-refractivity contribution in [3.8, 4) is 5.75 Å². The Bertz CT molecular complexity index is 851. The summed E-state index contributed by atoms with van der Waals surface area (Å²) < 4.78 is 5.28. The van der Waals surface area contributed by atoms with Gasteiger partial charge in [0.25, 0.3) is 0 Å². The van der Waals surface area contributed by atoms with Gasteiger partial charge in [0.2, 0.25) is 5.91 Å². The number of aromatic amines is 1. The Morgan fingerprint density at radius 3 is 2.81 bits per heavy atom. The highest BCUT2D eigenvalue weighted by atomic mass is 16.5. The van der Waals surface area contributed by atoms with Crippen LogP contribution in [0.1, 0.15) is 17.0 Å². The number of carbonyl (C=O) groups excluding carboxylic acids is 1. The summed E-state index contributed by atoms with van der Waals surface area (Å²) in [5.41, 5.74) is 3.85. The number of hydrogen-bond donors (Lipinski definition) is 2. The Morgan fingerprint density at radius 2 is 1.95 bits per heavy atom. The number of anilines is 1. The molecular formula is C17H14N2O2. The fourth-order valence-electron chi connectivity index (χ4n) is 3.01. The van der Waals surface area contributed by atoms with Gasteiger partial charge in [0, 0.05) is 22.8 Å². The lowest BCUT2D eigenvalue weighted by atomic mass is 9.92. The number of ether oxygens (including phenoxy) is 1. The molecule has 3 aromatic rings. The molecule has 1 aromatic heterocycles. The third kappa shape index (κ3) is 1.72. The molecule has 2 N–H and O–H groups in total. The average Bonchev–Trinajstić information content (AvgIpc) is 3.06. The number of nitrogens with one attached hydrogen (secondary N) is 2. The molecule has 0 saturated carbocycles. The van der Waals surface area contributed by atoms with Crippen LogP contribution in [0.4, 0.5) is 5.69 Å². The van der Waals surface area contributed by atoms with Crippen molar-refractivity contribution >= 4 is 22.5 Å². The first-order valence-corrected chi connectivity index (χ1v) is 6.83. The van der Waals surface area contributed by atoms with E-state index < -0.39 is 0 Å². The van der Waals surface area contributed by atoms with E-state index in [1.165, 1.54) is 0 Å². The summed E-state index contributed by atoms with van der Waals surface area (Å²) in [6.45, 7) is 0. The first kappa shape index (κ1) is 12.0. The van der Waals surface area contributed by atoms with Gasteiger partial charge in [-0.15, -0.1) is 0 Å². The van der Waals surface area contributed by atoms with Crippen molar-refractivity contribution in [2.75, 3.05) is 12.4 Å². The van der Waals surface area contributed by atoms with Gasteiger partial charge in [-0.1, -0.05) is 18.2 Å². The van der Waals surface area contributed by atoms with Crippen LogP contribution in [-0.4, -0.2) is 18.0 Å². The van der Waals surface area contributed by atoms with Crippen molar-refractivity contribution in [2.24, 2.45) is 0 Å². The summed E-state index contributed by atoms with van der Waals surface area (Å²) in [4.78, 5) is 15.6. The lowest BCUT2D eigenvalue weighted by Crippen LogP contribution is -2.12. The van der Waals surface area contributed by atoms with Crippen LogP contribution in [0.3, 0.4) is 0 Å². The molecule has 0 spiro atoms. The Morgan fingerprint density at radius 1 is 1.10 bits per heavy atom. The number of benzene rings is 2. The molecule has 104 valence electrons. The summed E-state index contributed by atoms with van der Waals surface area (Å²) in [5, 5.41) is 4.02. The van der Waals surface area contributed by atoms with Crippen LogP contribution in [0.5, 0.6) is 5.75 Å². The molecule has 0 saturated heterocycles. The Labute approximate surface area is 121 Å². The molecule has 1 amide bonds. The number of para-hydroxylation sites is 1. The molecule has 2 aromatic carbocycles. The van der Waals surface area contributed by atoms with E-state index in [-0.39, 0.29) is 11.8 Å². The fourth-order valence-corrected chi connectivity index (χ4v) is 3.01. The standard InChI is InChI=1S/C17H14N2O2/c1-21-10-6-7-15-12(8-10)16(17(20)19-15)13-9-18-14-5-3-2-4-11(13)14/h2-9,16,18H,1H3,(H,19,20). The maximum Gasteiger partial charge on any atom is 0.236 e. The summed E-state index contributed by atoms with van der Waals surface area (Å²) in [5.74, 6) is 0.462. The van der Waals surface area contributed by atoms with E-state index in [4.69, 9.17) is 4.74 Å². The second-order valence-electron chi connectivity index (χ2n) is 5.17. The first-order valence-electron chi connectivity index (χ1n) is 6.83. The molecule has 1 aliphatic heterocycles. The van der Waals surface area contributed by atoms with Crippen LogP contribution >= 0.6 is 0 Å². The molecule has 0 bridgehead atoms. The zero-order valence-electron chi connectivity index (χ0n) is 11.5. The third-order valence-electron chi connectivity index (χ3n) is 4.02. The number of methoxy groups -OCH3 is 1. The number of carbonyl (C=O) groups is 1. The zero-order chi connectivity index (χ0) is 14.4. The minimum atomic E-state index is -0.300. The number of amides is 1. The molecule has 4 nitrogen and oxygen atoms in total. The highest BCUT2D eigenvalue weighted by molar-refractivity contribution is 6.07. The minimum Gasteiger partial charge on any atom is -0.497 e. The summed E-state index contributed by atoms with van der Waals surface area (Å²) >= 11 is 0. The van der Waals surface area contributed by atoms with Crippen LogP contribution < -0.4 is 10.1 Å². The zero-order valence-corrected chi connectivity index (χ0v) is 11.5. The van der Waals surface area contributed by atoms with Gasteiger partial charge in [0.1, 0.15) is 5.75 Å². The van der Waals surface area contributed by atoms with Crippen molar-refractivity contribution in [1.82, 2.24) is 4.98 Å². The van der Waals surface area contributed by atoms with Crippen LogP contribution in [0, 0.1) is 0 Å². The lowest BCUT2D eigenvalue weighted by Gasteiger charge is -2.09. The van der Waals surface area contributed by atoms with E-state index in [9.17, 15) is 4.79 Å². The van der Waals surface area contributed by atoms with Crippen molar-refractivity contribution in [3.63, 3.8) is 0 Å². The van der Waals surface area contributed by atoms with Gasteiger partial charge in [0.05, 0.1) is 13.0 Å². The average molecular weight is 278 g/mol. The van der Waals surface area contributed by atoms with E-state index in [1.807, 2.05) is 48.7 Å². The van der Waals surface area contributed by atoms with Crippen LogP contribution in [0.15, 0.2) is 48.7 Å². The largest absolute Gasteiger partial charge is 0.497 e. The van der Waals surface area contributed by atoms with Crippen LogP contribution in [0.25, 0.3) is 10.9 Å². The van der Waals surface area contributed by atoms with Crippen LogP contribution in [0.2, 0.25) is 0 Å². The van der Waals surface area contributed by atoms with Crippen molar-refractivity contribution < 1.29 is 9.53 Å². The van der Waals surface area contributed by atoms with E-state index in [2.05, 4.69) is 10.3 Å². The number of hydrogen-bond acceptors (Lipinski definition) is 2. The Balaban J connectivity index is 1.92. The molecule has 1 atom stereocenters. The fraction of sp³-hybridized carbons (Fsp3) is 0.118. The number of rotatable bonds is 2. The molecule has 0 aliphatic carbocycles. The highest BCUT2D eigenvalue weighted by Crippen LogP contribution is 2.41. The summed E-state index contributed by atoms with van der Waals surface area (Å²) in [7, 11) is 1.63. The van der Waals surface area contributed by atoms with E-state index in [0.717, 1.165) is 33.5 Å². The summed E-state index contributed by atoms with van der Waals surface area (Å²) in [6.07, 6.45) is 1.92. The predicted octanol–water partition coefficient (Wildman–Crippen LogP) is 3.26. The predicted molar refractivity (Wildman–Crippen MR) is 81.8 cm³/mol. The Kier molecular flexibility index (Phi) is 2.51. The van der Waals surface area contributed by atoms with Crippen LogP contribution in [-0.2, 0) is 4.79 Å². The minimum absolute atomic E-state index is 0.00278. The topological polar surface area (TPSA) is 54.1 Å². The molecule has 1 unspecified atom stereocenters. The van der Waals surface area contributed by atoms with Crippen molar-refractivity contribution in [2.45, 2.75) is 5.92 Å². The van der Waals surface area contributed by atoms with Gasteiger partial charge >= 0.3 is 0 Å². The maximum atomic E-state index is 12.4. The van der Waals surface area contributed by atoms with Gasteiger partial charge < -0.3 is 15.0 Å². The van der Waals surface area contributed by atoms with Gasteiger partial charge in [0.15, 0.2) is 0 Å². The number of H-pyrrole nitrogens is 1. The van der Waals surface area contributed by atoms with Gasteiger partial charge in [-0.2, -0.15) is 0 Å². The second kappa shape index (κ2) is 4.38. The number of fused-ring (bicyclic) bond motifs is 2. The third-order valence-corrected chi connectivity index (χ3v) is 4.02. The molecule has 0 fully saturated rings. The molecule has 2 heterocycles. The van der Waals surface area contributed by atoms with Gasteiger partial charge in [-0.05, 0) is 35.4 Å². The quantitative estimate of drug-likeness (QED) is 0.756. The molecular weight excluding hydrogens is 264 g/mol. The normalized spacial score (nSPS) is 16.8. The molecule has 21 heavy (non-hydrogen) atoms. The number of aromatic nitrogens is 1. The second-order valence-corrected chi connectivity index (χ2v) is 5.17. The van der Waals surface area contributed by atoms with Gasteiger partial charge in [-0.3, -0.25) is 4.79 Å². The van der Waals surface area contributed by atoms with E-state index in [0.29, 0.717) is 0 Å². The molecule has 4 rings (SSSR count). The van der Waals surface area contributed by atoms with E-state index in [1.54, 1.807) is 7.11 Å². The van der Waals surface area contributed by atoms with Crippen molar-refractivity contribution in [1.29, 1.82) is 0 Å². The van der Waals surface area contributed by atoms with E-state index >= 15 is 0 Å². The SMILES string of the molecule is COc1ccc2c(c1)C(c1c[nH]c3ccccc13)C(=O)N2. The first-order chi connectivity index (χ1) is 10.3. The highest BCUT2D eigenvalue weighted by Gasteiger charge is 2.33. The Hall–Kier alpha value is -2.75. The maximum absolute atomic E-state index is 12.4. The lowest BCUT2D eigenvalue weighted by molar-refractivity contribution is -0.116.